The normalized spacial score (nSPS) is 11.6. The minimum absolute atomic E-state index is 1.01. The molecule has 1 aromatic heterocycles. The first-order chi connectivity index (χ1) is 12.2. The molecule has 0 aliphatic heterocycles. The number of fused-ring (bicyclic) bond motifs is 6. The van der Waals surface area contributed by atoms with Gasteiger partial charge in [0, 0.05) is 23.4 Å². The van der Waals surface area contributed by atoms with E-state index in [0.717, 1.165) is 16.9 Å². The van der Waals surface area contributed by atoms with Gasteiger partial charge in [0.05, 0.1) is 11.0 Å². The quantitative estimate of drug-likeness (QED) is 0.354. The summed E-state index contributed by atoms with van der Waals surface area (Å²) >= 11 is 0. The summed E-state index contributed by atoms with van der Waals surface area (Å²) in [6.07, 6.45) is 0. The predicted octanol–water partition coefficient (Wildman–Crippen LogP) is 5.86. The number of hydrogen-bond acceptors (Lipinski definition) is 1. The van der Waals surface area contributed by atoms with E-state index in [9.17, 15) is 0 Å². The Morgan fingerprint density at radius 2 is 1.36 bits per heavy atom. The van der Waals surface area contributed by atoms with Crippen LogP contribution in [-0.4, -0.2) is 9.55 Å². The second-order valence-corrected chi connectivity index (χ2v) is 6.65. The highest BCUT2D eigenvalue weighted by molar-refractivity contribution is 6.23. The van der Waals surface area contributed by atoms with E-state index in [-0.39, 0.29) is 0 Å². The van der Waals surface area contributed by atoms with Gasteiger partial charge in [-0.1, -0.05) is 72.3 Å². The summed E-state index contributed by atoms with van der Waals surface area (Å²) < 4.78 is 2.24. The Kier molecular flexibility index (Phi) is 2.95. The van der Waals surface area contributed by atoms with Gasteiger partial charge < -0.3 is 4.57 Å². The molecular weight excluding hydrogens is 304 g/mol. The van der Waals surface area contributed by atoms with E-state index in [0.29, 0.717) is 0 Å². The van der Waals surface area contributed by atoms with Gasteiger partial charge in [-0.2, -0.15) is 0 Å². The van der Waals surface area contributed by atoms with Crippen molar-refractivity contribution in [2.24, 2.45) is 7.05 Å². The highest BCUT2D eigenvalue weighted by Crippen LogP contribution is 2.36. The van der Waals surface area contributed by atoms with Crippen LogP contribution < -0.4 is 0 Å². The van der Waals surface area contributed by atoms with E-state index >= 15 is 0 Å². The fourth-order valence-electron chi connectivity index (χ4n) is 3.89. The first kappa shape index (κ1) is 14.2. The van der Waals surface area contributed by atoms with E-state index in [4.69, 9.17) is 4.98 Å². The van der Waals surface area contributed by atoms with Crippen molar-refractivity contribution in [3.05, 3.63) is 78.4 Å². The van der Waals surface area contributed by atoms with E-state index in [2.05, 4.69) is 91.3 Å². The second kappa shape index (κ2) is 5.18. The molecule has 1 heterocycles. The molecule has 0 fully saturated rings. The molecule has 0 saturated heterocycles. The molecule has 2 nitrogen and oxygen atoms in total. The lowest BCUT2D eigenvalue weighted by Gasteiger charge is -2.08. The van der Waals surface area contributed by atoms with Gasteiger partial charge in [0.2, 0.25) is 0 Å². The van der Waals surface area contributed by atoms with Crippen molar-refractivity contribution in [2.45, 2.75) is 6.92 Å². The van der Waals surface area contributed by atoms with Crippen LogP contribution in [-0.2, 0) is 7.05 Å². The van der Waals surface area contributed by atoms with Gasteiger partial charge >= 0.3 is 0 Å². The highest BCUT2D eigenvalue weighted by atomic mass is 15.1. The van der Waals surface area contributed by atoms with E-state index < -0.39 is 0 Å². The number of imidazole rings is 1. The lowest BCUT2D eigenvalue weighted by molar-refractivity contribution is 0.962. The van der Waals surface area contributed by atoms with Crippen LogP contribution in [0.3, 0.4) is 0 Å². The van der Waals surface area contributed by atoms with Crippen LogP contribution in [0, 0.1) is 6.92 Å². The third-order valence-corrected chi connectivity index (χ3v) is 5.03. The Labute approximate surface area is 146 Å². The van der Waals surface area contributed by atoms with Gasteiger partial charge in [0.15, 0.2) is 0 Å². The number of aromatic nitrogens is 2. The Hall–Kier alpha value is -3.13. The van der Waals surface area contributed by atoms with Gasteiger partial charge in [0.25, 0.3) is 0 Å². The average Bonchev–Trinajstić information content (AvgIpc) is 3.00. The topological polar surface area (TPSA) is 17.8 Å². The maximum Gasteiger partial charge on any atom is 0.140 e. The predicted molar refractivity (Wildman–Crippen MR) is 106 cm³/mol. The number of nitrogens with zero attached hydrogens (tertiary/aromatic N) is 2. The zero-order valence-corrected chi connectivity index (χ0v) is 14.3. The third-order valence-electron chi connectivity index (χ3n) is 5.03. The van der Waals surface area contributed by atoms with Crippen LogP contribution in [0.5, 0.6) is 0 Å². The average molecular weight is 322 g/mol. The highest BCUT2D eigenvalue weighted by Gasteiger charge is 2.16. The molecule has 5 aromatic rings. The van der Waals surface area contributed by atoms with Crippen molar-refractivity contribution >= 4 is 32.6 Å². The van der Waals surface area contributed by atoms with Crippen molar-refractivity contribution in [3.63, 3.8) is 0 Å². The van der Waals surface area contributed by atoms with Crippen molar-refractivity contribution in [1.29, 1.82) is 0 Å². The number of hydrogen-bond donors (Lipinski definition) is 0. The minimum Gasteiger partial charge on any atom is -0.327 e. The monoisotopic (exact) mass is 322 g/mol. The Morgan fingerprint density at radius 3 is 2.08 bits per heavy atom. The maximum atomic E-state index is 5.06. The molecule has 4 aromatic carbocycles. The minimum atomic E-state index is 1.01. The van der Waals surface area contributed by atoms with E-state index in [1.54, 1.807) is 0 Å². The molecule has 0 N–H and O–H groups in total. The summed E-state index contributed by atoms with van der Waals surface area (Å²) in [7, 11) is 2.12. The molecule has 0 bridgehead atoms. The Morgan fingerprint density at radius 1 is 0.720 bits per heavy atom. The Bertz CT molecular complexity index is 1260. The fraction of sp³-hybridized carbons (Fsp3) is 0.0870. The van der Waals surface area contributed by atoms with Crippen molar-refractivity contribution < 1.29 is 0 Å². The molecule has 0 aliphatic rings. The summed E-state index contributed by atoms with van der Waals surface area (Å²) in [5.74, 6) is 1.01. The summed E-state index contributed by atoms with van der Waals surface area (Å²) in [4.78, 5) is 5.06. The van der Waals surface area contributed by atoms with E-state index in [1.165, 1.54) is 32.6 Å². The van der Waals surface area contributed by atoms with Gasteiger partial charge in [-0.3, -0.25) is 0 Å². The van der Waals surface area contributed by atoms with Crippen molar-refractivity contribution in [1.82, 2.24) is 9.55 Å². The van der Waals surface area contributed by atoms with Gasteiger partial charge in [-0.15, -0.1) is 0 Å². The zero-order valence-electron chi connectivity index (χ0n) is 14.3. The molecule has 0 saturated carbocycles. The van der Waals surface area contributed by atoms with Gasteiger partial charge in [-0.25, -0.2) is 4.98 Å². The van der Waals surface area contributed by atoms with Crippen LogP contribution in [0.4, 0.5) is 0 Å². The molecule has 0 radical (unpaired) electrons. The van der Waals surface area contributed by atoms with Crippen molar-refractivity contribution in [2.75, 3.05) is 0 Å². The smallest absolute Gasteiger partial charge is 0.140 e. The molecule has 0 spiro atoms. The fourth-order valence-corrected chi connectivity index (χ4v) is 3.89. The van der Waals surface area contributed by atoms with Crippen molar-refractivity contribution in [3.8, 4) is 11.4 Å². The lowest BCUT2D eigenvalue weighted by atomic mass is 10.00. The van der Waals surface area contributed by atoms with Crippen LogP contribution in [0.25, 0.3) is 44.0 Å². The standard InChI is InChI=1S/C23H18N2/c1-15-8-7-9-16(14-15)23-24-21-19-12-5-3-10-17(19)18-11-4-6-13-20(18)22(21)25(23)2/h3-14H,1-2H3. The summed E-state index contributed by atoms with van der Waals surface area (Å²) in [6, 6.07) is 25.7. The molecular formula is C23H18N2. The molecule has 2 heteroatoms. The lowest BCUT2D eigenvalue weighted by Crippen LogP contribution is -1.93. The molecule has 0 amide bonds. The molecule has 0 aliphatic carbocycles. The second-order valence-electron chi connectivity index (χ2n) is 6.65. The summed E-state index contributed by atoms with van der Waals surface area (Å²) in [5.41, 5.74) is 4.69. The molecule has 5 rings (SSSR count). The van der Waals surface area contributed by atoms with Crippen LogP contribution in [0.15, 0.2) is 72.8 Å². The number of aryl methyl sites for hydroxylation is 2. The molecule has 0 unspecified atom stereocenters. The van der Waals surface area contributed by atoms with Crippen LogP contribution >= 0.6 is 0 Å². The van der Waals surface area contributed by atoms with E-state index in [1.807, 2.05) is 0 Å². The first-order valence-corrected chi connectivity index (χ1v) is 8.57. The maximum absolute atomic E-state index is 5.06. The summed E-state index contributed by atoms with van der Waals surface area (Å²) in [6.45, 7) is 2.12. The Balaban J connectivity index is 2.01. The molecule has 25 heavy (non-hydrogen) atoms. The largest absolute Gasteiger partial charge is 0.327 e. The summed E-state index contributed by atoms with van der Waals surface area (Å²) in [5, 5.41) is 5.01. The third kappa shape index (κ3) is 2.01. The van der Waals surface area contributed by atoms with Crippen LogP contribution in [0.2, 0.25) is 0 Å². The van der Waals surface area contributed by atoms with Crippen LogP contribution in [0.1, 0.15) is 5.56 Å². The zero-order chi connectivity index (χ0) is 17.0. The first-order valence-electron chi connectivity index (χ1n) is 8.57. The molecule has 0 atom stereocenters. The number of rotatable bonds is 1. The SMILES string of the molecule is Cc1cccc(-c2nc3c4ccccc4c4ccccc4c3n2C)c1. The van der Waals surface area contributed by atoms with Gasteiger partial charge in [0.1, 0.15) is 5.82 Å². The number of benzene rings is 4. The van der Waals surface area contributed by atoms with Gasteiger partial charge in [-0.05, 0) is 23.8 Å². The molecule has 120 valence electrons.